The maximum Gasteiger partial charge on any atom is 0.240 e. The van der Waals surface area contributed by atoms with Gasteiger partial charge in [0.05, 0.1) is 4.90 Å². The third kappa shape index (κ3) is 5.60. The molecule has 2 aromatic rings. The van der Waals surface area contributed by atoms with Gasteiger partial charge in [0.25, 0.3) is 0 Å². The molecule has 2 aromatic carbocycles. The first-order chi connectivity index (χ1) is 10.7. The van der Waals surface area contributed by atoms with Crippen molar-refractivity contribution in [2.75, 3.05) is 6.54 Å². The van der Waals surface area contributed by atoms with Crippen LogP contribution in [-0.4, -0.2) is 15.0 Å². The van der Waals surface area contributed by atoms with Gasteiger partial charge in [-0.1, -0.05) is 59.6 Å². The van der Waals surface area contributed by atoms with E-state index in [1.165, 1.54) is 17.7 Å². The number of hydrogen-bond acceptors (Lipinski definition) is 2. The van der Waals surface area contributed by atoms with Crippen LogP contribution in [0.3, 0.4) is 0 Å². The van der Waals surface area contributed by atoms with Crippen LogP contribution in [0.2, 0.25) is 5.02 Å². The minimum absolute atomic E-state index is 0.185. The molecular weight excluding hydrogens is 398 g/mol. The molecule has 0 aliphatic carbocycles. The van der Waals surface area contributed by atoms with Crippen molar-refractivity contribution in [2.45, 2.75) is 25.2 Å². The monoisotopic (exact) mass is 415 g/mol. The summed E-state index contributed by atoms with van der Waals surface area (Å²) in [4.78, 5) is 0.185. The number of benzene rings is 2. The molecule has 0 unspecified atom stereocenters. The van der Waals surface area contributed by atoms with E-state index in [-0.39, 0.29) is 10.3 Å². The summed E-state index contributed by atoms with van der Waals surface area (Å²) in [5.74, 6) is 0. The largest absolute Gasteiger partial charge is 0.240 e. The van der Waals surface area contributed by atoms with Gasteiger partial charge in [0.15, 0.2) is 0 Å². The van der Waals surface area contributed by atoms with E-state index in [1.807, 2.05) is 38.1 Å². The molecule has 0 saturated carbocycles. The SMILES string of the molecule is CC(C)(CNS(=O)(=O)c1cccc(Cl)c1)Cc1ccc(Br)cc1. The summed E-state index contributed by atoms with van der Waals surface area (Å²) in [6.07, 6.45) is 0.776. The van der Waals surface area contributed by atoms with Gasteiger partial charge in [-0.3, -0.25) is 0 Å². The minimum Gasteiger partial charge on any atom is -0.211 e. The van der Waals surface area contributed by atoms with Crippen LogP contribution in [0.25, 0.3) is 0 Å². The Morgan fingerprint density at radius 2 is 1.78 bits per heavy atom. The highest BCUT2D eigenvalue weighted by Crippen LogP contribution is 2.23. The fraction of sp³-hybridized carbons (Fsp3) is 0.294. The van der Waals surface area contributed by atoms with Crippen LogP contribution in [0.4, 0.5) is 0 Å². The first-order valence-electron chi connectivity index (χ1n) is 7.18. The fourth-order valence-electron chi connectivity index (χ4n) is 2.23. The van der Waals surface area contributed by atoms with Gasteiger partial charge in [0.1, 0.15) is 0 Å². The first-order valence-corrected chi connectivity index (χ1v) is 9.83. The molecule has 124 valence electrons. The van der Waals surface area contributed by atoms with Gasteiger partial charge < -0.3 is 0 Å². The Hall–Kier alpha value is -0.880. The molecule has 0 saturated heterocycles. The van der Waals surface area contributed by atoms with Crippen LogP contribution in [0.5, 0.6) is 0 Å². The summed E-state index contributed by atoms with van der Waals surface area (Å²) in [7, 11) is -3.56. The predicted octanol–water partition coefficient (Wildman–Crippen LogP) is 4.65. The van der Waals surface area contributed by atoms with Crippen molar-refractivity contribution in [2.24, 2.45) is 5.41 Å². The van der Waals surface area contributed by atoms with Crippen molar-refractivity contribution in [1.82, 2.24) is 4.72 Å². The summed E-state index contributed by atoms with van der Waals surface area (Å²) in [6, 6.07) is 14.3. The van der Waals surface area contributed by atoms with Crippen molar-refractivity contribution in [3.8, 4) is 0 Å². The molecule has 0 radical (unpaired) electrons. The maximum atomic E-state index is 12.4. The molecule has 23 heavy (non-hydrogen) atoms. The van der Waals surface area contributed by atoms with E-state index in [4.69, 9.17) is 11.6 Å². The van der Waals surface area contributed by atoms with Gasteiger partial charge >= 0.3 is 0 Å². The van der Waals surface area contributed by atoms with Crippen molar-refractivity contribution in [3.63, 3.8) is 0 Å². The Labute approximate surface area is 151 Å². The highest BCUT2D eigenvalue weighted by Gasteiger charge is 2.23. The Kier molecular flexibility index (Phi) is 5.89. The van der Waals surface area contributed by atoms with Crippen LogP contribution < -0.4 is 4.72 Å². The van der Waals surface area contributed by atoms with Crippen molar-refractivity contribution >= 4 is 37.6 Å². The van der Waals surface area contributed by atoms with Gasteiger partial charge in [-0.15, -0.1) is 0 Å². The fourth-order valence-corrected chi connectivity index (χ4v) is 4.03. The zero-order chi connectivity index (χ0) is 17.1. The van der Waals surface area contributed by atoms with Crippen molar-refractivity contribution in [3.05, 3.63) is 63.6 Å². The topological polar surface area (TPSA) is 46.2 Å². The number of hydrogen-bond donors (Lipinski definition) is 1. The van der Waals surface area contributed by atoms with E-state index in [0.29, 0.717) is 11.6 Å². The van der Waals surface area contributed by atoms with E-state index in [1.54, 1.807) is 12.1 Å². The molecule has 0 bridgehead atoms. The molecule has 0 aliphatic heterocycles. The van der Waals surface area contributed by atoms with Gasteiger partial charge in [-0.25, -0.2) is 13.1 Å². The summed E-state index contributed by atoms with van der Waals surface area (Å²) in [6.45, 7) is 4.42. The van der Waals surface area contributed by atoms with Gasteiger partial charge in [0.2, 0.25) is 10.0 Å². The minimum atomic E-state index is -3.56. The van der Waals surface area contributed by atoms with Gasteiger partial charge in [-0.2, -0.15) is 0 Å². The molecule has 0 heterocycles. The Morgan fingerprint density at radius 3 is 2.39 bits per heavy atom. The van der Waals surface area contributed by atoms with Gasteiger partial charge in [-0.05, 0) is 47.7 Å². The van der Waals surface area contributed by atoms with Crippen molar-refractivity contribution in [1.29, 1.82) is 0 Å². The van der Waals surface area contributed by atoms with E-state index < -0.39 is 10.0 Å². The Morgan fingerprint density at radius 1 is 1.13 bits per heavy atom. The summed E-state index contributed by atoms with van der Waals surface area (Å²) in [5.41, 5.74) is 0.958. The lowest BCUT2D eigenvalue weighted by atomic mass is 9.86. The Bertz CT molecular complexity index is 773. The molecule has 0 spiro atoms. The molecule has 0 amide bonds. The molecule has 0 atom stereocenters. The zero-order valence-corrected chi connectivity index (χ0v) is 16.2. The second-order valence-corrected chi connectivity index (χ2v) is 9.37. The Balaban J connectivity index is 2.04. The number of nitrogens with one attached hydrogen (secondary N) is 1. The highest BCUT2D eigenvalue weighted by molar-refractivity contribution is 9.10. The zero-order valence-electron chi connectivity index (χ0n) is 13.0. The van der Waals surface area contributed by atoms with E-state index in [2.05, 4.69) is 20.7 Å². The number of halogens is 2. The van der Waals surface area contributed by atoms with Gasteiger partial charge in [0, 0.05) is 16.0 Å². The second kappa shape index (κ2) is 7.34. The van der Waals surface area contributed by atoms with E-state index >= 15 is 0 Å². The standard InChI is InChI=1S/C17H19BrClNO2S/c1-17(2,11-13-6-8-14(18)9-7-13)12-20-23(21,22)16-5-3-4-15(19)10-16/h3-10,20H,11-12H2,1-2H3. The highest BCUT2D eigenvalue weighted by atomic mass is 79.9. The van der Waals surface area contributed by atoms with Crippen LogP contribution in [-0.2, 0) is 16.4 Å². The smallest absolute Gasteiger partial charge is 0.211 e. The molecule has 0 aliphatic rings. The lowest BCUT2D eigenvalue weighted by molar-refractivity contribution is 0.361. The molecule has 6 heteroatoms. The molecular formula is C17H19BrClNO2S. The van der Waals surface area contributed by atoms with Crippen LogP contribution in [0.1, 0.15) is 19.4 Å². The van der Waals surface area contributed by atoms with Crippen LogP contribution >= 0.6 is 27.5 Å². The average molecular weight is 417 g/mol. The molecule has 2 rings (SSSR count). The van der Waals surface area contributed by atoms with Crippen LogP contribution in [0.15, 0.2) is 57.9 Å². The summed E-state index contributed by atoms with van der Waals surface area (Å²) in [5, 5.41) is 0.405. The van der Waals surface area contributed by atoms with Crippen LogP contribution in [0, 0.1) is 5.41 Å². The maximum absolute atomic E-state index is 12.4. The molecule has 3 nitrogen and oxygen atoms in total. The van der Waals surface area contributed by atoms with Crippen molar-refractivity contribution < 1.29 is 8.42 Å². The second-order valence-electron chi connectivity index (χ2n) is 6.25. The number of sulfonamides is 1. The third-order valence-corrected chi connectivity index (χ3v) is 5.61. The first kappa shape index (κ1) is 18.5. The summed E-state index contributed by atoms with van der Waals surface area (Å²) >= 11 is 9.28. The normalized spacial score (nSPS) is 12.3. The average Bonchev–Trinajstić information content (AvgIpc) is 2.48. The third-order valence-electron chi connectivity index (χ3n) is 3.44. The quantitative estimate of drug-likeness (QED) is 0.745. The molecule has 1 N–H and O–H groups in total. The van der Waals surface area contributed by atoms with E-state index in [9.17, 15) is 8.42 Å². The summed E-state index contributed by atoms with van der Waals surface area (Å²) < 4.78 is 28.4. The van der Waals surface area contributed by atoms with E-state index in [0.717, 1.165) is 10.9 Å². The predicted molar refractivity (Wildman–Crippen MR) is 98.3 cm³/mol. The number of rotatable bonds is 6. The molecule has 0 aromatic heterocycles. The molecule has 0 fully saturated rings. The lowest BCUT2D eigenvalue weighted by Crippen LogP contribution is -2.35. The lowest BCUT2D eigenvalue weighted by Gasteiger charge is -2.25.